The first-order valence-electron chi connectivity index (χ1n) is 5.69. The third-order valence-electron chi connectivity index (χ3n) is 2.77. The third-order valence-corrected chi connectivity index (χ3v) is 2.77. The van der Waals surface area contributed by atoms with Crippen molar-refractivity contribution < 1.29 is 9.63 Å². The van der Waals surface area contributed by atoms with Gasteiger partial charge in [0.25, 0.3) is 0 Å². The number of rotatable bonds is 3. The number of carbonyl (C=O) groups excluding carboxylic acids is 1. The zero-order valence-corrected chi connectivity index (χ0v) is 10.4. The summed E-state index contributed by atoms with van der Waals surface area (Å²) in [6.07, 6.45) is 5.03. The highest BCUT2D eigenvalue weighted by Gasteiger charge is 2.47. The SMILES string of the molecule is CC(C)(C)C(=O)ONC1(c2ccncn2)CC1. The van der Waals surface area contributed by atoms with Crippen LogP contribution in [0.2, 0.25) is 0 Å². The lowest BCUT2D eigenvalue weighted by molar-refractivity contribution is -0.163. The van der Waals surface area contributed by atoms with Crippen LogP contribution in [0.25, 0.3) is 0 Å². The molecule has 1 saturated carbocycles. The van der Waals surface area contributed by atoms with Gasteiger partial charge in [0.05, 0.1) is 16.6 Å². The molecular formula is C12H17N3O2. The molecule has 0 radical (unpaired) electrons. The summed E-state index contributed by atoms with van der Waals surface area (Å²) in [7, 11) is 0. The molecule has 5 nitrogen and oxygen atoms in total. The van der Waals surface area contributed by atoms with Crippen molar-refractivity contribution in [2.75, 3.05) is 0 Å². The highest BCUT2D eigenvalue weighted by molar-refractivity contribution is 5.75. The third kappa shape index (κ3) is 2.61. The van der Waals surface area contributed by atoms with Crippen molar-refractivity contribution in [1.29, 1.82) is 0 Å². The predicted octanol–water partition coefficient (Wildman–Crippen LogP) is 1.56. The van der Waals surface area contributed by atoms with Crippen LogP contribution in [0.4, 0.5) is 0 Å². The molecule has 0 unspecified atom stereocenters. The maximum atomic E-state index is 11.7. The normalized spacial score (nSPS) is 17.6. The van der Waals surface area contributed by atoms with Crippen molar-refractivity contribution in [2.45, 2.75) is 39.2 Å². The molecule has 0 aliphatic heterocycles. The molecule has 2 rings (SSSR count). The summed E-state index contributed by atoms with van der Waals surface area (Å²) in [6, 6.07) is 1.84. The summed E-state index contributed by atoms with van der Waals surface area (Å²) in [6.45, 7) is 5.46. The van der Waals surface area contributed by atoms with Gasteiger partial charge in [-0.15, -0.1) is 5.48 Å². The molecule has 92 valence electrons. The quantitative estimate of drug-likeness (QED) is 0.805. The Kier molecular flexibility index (Phi) is 2.87. The molecule has 1 aromatic rings. The molecular weight excluding hydrogens is 218 g/mol. The fourth-order valence-corrected chi connectivity index (χ4v) is 1.41. The molecule has 0 atom stereocenters. The summed E-state index contributed by atoms with van der Waals surface area (Å²) in [5, 5.41) is 0. The smallest absolute Gasteiger partial charge is 0.330 e. The summed E-state index contributed by atoms with van der Waals surface area (Å²) >= 11 is 0. The number of nitrogens with one attached hydrogen (secondary N) is 1. The number of nitrogens with zero attached hydrogens (tertiary/aromatic N) is 2. The Balaban J connectivity index is 1.99. The van der Waals surface area contributed by atoms with Gasteiger partial charge in [-0.25, -0.2) is 14.8 Å². The van der Waals surface area contributed by atoms with E-state index < -0.39 is 5.41 Å². The van der Waals surface area contributed by atoms with Gasteiger partial charge < -0.3 is 4.84 Å². The number of hydrogen-bond acceptors (Lipinski definition) is 5. The van der Waals surface area contributed by atoms with Gasteiger partial charge in [0.15, 0.2) is 0 Å². The molecule has 17 heavy (non-hydrogen) atoms. The first-order chi connectivity index (χ1) is 7.94. The fourth-order valence-electron chi connectivity index (χ4n) is 1.41. The molecule has 1 aliphatic carbocycles. The lowest BCUT2D eigenvalue weighted by Gasteiger charge is -2.20. The summed E-state index contributed by atoms with van der Waals surface area (Å²) in [4.78, 5) is 24.9. The second kappa shape index (κ2) is 4.07. The molecule has 1 fully saturated rings. The van der Waals surface area contributed by atoms with Crippen LogP contribution >= 0.6 is 0 Å². The van der Waals surface area contributed by atoms with Crippen LogP contribution in [0, 0.1) is 5.41 Å². The van der Waals surface area contributed by atoms with Crippen LogP contribution in [-0.4, -0.2) is 15.9 Å². The van der Waals surface area contributed by atoms with Crippen LogP contribution in [0.15, 0.2) is 18.6 Å². The lowest BCUT2D eigenvalue weighted by Crippen LogP contribution is -2.36. The van der Waals surface area contributed by atoms with Crippen molar-refractivity contribution in [1.82, 2.24) is 15.4 Å². The van der Waals surface area contributed by atoms with Crippen LogP contribution < -0.4 is 5.48 Å². The molecule has 1 aromatic heterocycles. The van der Waals surface area contributed by atoms with Crippen molar-refractivity contribution in [3.05, 3.63) is 24.3 Å². The van der Waals surface area contributed by atoms with E-state index in [9.17, 15) is 4.79 Å². The number of hydroxylamine groups is 1. The van der Waals surface area contributed by atoms with E-state index in [1.807, 2.05) is 26.8 Å². The van der Waals surface area contributed by atoms with Crippen molar-refractivity contribution in [3.63, 3.8) is 0 Å². The monoisotopic (exact) mass is 235 g/mol. The van der Waals surface area contributed by atoms with Gasteiger partial charge in [0.2, 0.25) is 0 Å². The Morgan fingerprint density at radius 3 is 2.65 bits per heavy atom. The van der Waals surface area contributed by atoms with E-state index in [0.717, 1.165) is 18.5 Å². The van der Waals surface area contributed by atoms with Crippen LogP contribution in [0.5, 0.6) is 0 Å². The van der Waals surface area contributed by atoms with E-state index in [0.29, 0.717) is 0 Å². The zero-order valence-electron chi connectivity index (χ0n) is 10.4. The van der Waals surface area contributed by atoms with Crippen LogP contribution in [0.1, 0.15) is 39.3 Å². The van der Waals surface area contributed by atoms with Crippen molar-refractivity contribution >= 4 is 5.97 Å². The number of hydrogen-bond donors (Lipinski definition) is 1. The van der Waals surface area contributed by atoms with Gasteiger partial charge in [-0.2, -0.15) is 0 Å². The fraction of sp³-hybridized carbons (Fsp3) is 0.583. The Bertz CT molecular complexity index is 408. The Labute approximate surface area is 101 Å². The van der Waals surface area contributed by atoms with Gasteiger partial charge >= 0.3 is 5.97 Å². The number of carbonyl (C=O) groups is 1. The van der Waals surface area contributed by atoms with E-state index in [2.05, 4.69) is 15.4 Å². The van der Waals surface area contributed by atoms with Crippen LogP contribution in [0.3, 0.4) is 0 Å². The Morgan fingerprint density at radius 2 is 2.18 bits per heavy atom. The van der Waals surface area contributed by atoms with Gasteiger partial charge in [-0.3, -0.25) is 0 Å². The second-order valence-electron chi connectivity index (χ2n) is 5.42. The minimum atomic E-state index is -0.505. The summed E-state index contributed by atoms with van der Waals surface area (Å²) < 4.78 is 0. The van der Waals surface area contributed by atoms with Gasteiger partial charge in [-0.05, 0) is 39.7 Å². The van der Waals surface area contributed by atoms with E-state index in [-0.39, 0.29) is 11.5 Å². The molecule has 0 saturated heterocycles. The molecule has 0 amide bonds. The standard InChI is InChI=1S/C12H17N3O2/c1-11(2,3)10(16)17-15-12(5-6-12)9-4-7-13-8-14-9/h4,7-8,15H,5-6H2,1-3H3. The van der Waals surface area contributed by atoms with E-state index in [4.69, 9.17) is 4.84 Å². The summed E-state index contributed by atoms with van der Waals surface area (Å²) in [5.41, 5.74) is 2.92. The molecule has 1 heterocycles. The van der Waals surface area contributed by atoms with Gasteiger partial charge in [-0.1, -0.05) is 0 Å². The van der Waals surface area contributed by atoms with Crippen molar-refractivity contribution in [3.8, 4) is 0 Å². The van der Waals surface area contributed by atoms with Crippen LogP contribution in [-0.2, 0) is 15.2 Å². The van der Waals surface area contributed by atoms with E-state index in [1.54, 1.807) is 6.20 Å². The average Bonchev–Trinajstić information content (AvgIpc) is 3.07. The minimum Gasteiger partial charge on any atom is -0.369 e. The molecule has 1 aliphatic rings. The highest BCUT2D eigenvalue weighted by Crippen LogP contribution is 2.44. The predicted molar refractivity (Wildman–Crippen MR) is 61.6 cm³/mol. The minimum absolute atomic E-state index is 0.266. The topological polar surface area (TPSA) is 64.1 Å². The molecule has 1 N–H and O–H groups in total. The average molecular weight is 235 g/mol. The first kappa shape index (κ1) is 12.0. The molecule has 0 bridgehead atoms. The zero-order chi connectivity index (χ0) is 12.5. The van der Waals surface area contributed by atoms with Crippen molar-refractivity contribution in [2.24, 2.45) is 5.41 Å². The Hall–Kier alpha value is -1.49. The van der Waals surface area contributed by atoms with E-state index in [1.165, 1.54) is 6.33 Å². The largest absolute Gasteiger partial charge is 0.369 e. The maximum Gasteiger partial charge on any atom is 0.330 e. The lowest BCUT2D eigenvalue weighted by atomic mass is 9.98. The van der Waals surface area contributed by atoms with Gasteiger partial charge in [0.1, 0.15) is 6.33 Å². The van der Waals surface area contributed by atoms with Gasteiger partial charge in [0, 0.05) is 6.20 Å². The highest BCUT2D eigenvalue weighted by atomic mass is 16.7. The maximum absolute atomic E-state index is 11.7. The summed E-state index contributed by atoms with van der Waals surface area (Å²) in [5.74, 6) is -0.266. The number of aromatic nitrogens is 2. The molecule has 0 aromatic carbocycles. The Morgan fingerprint density at radius 1 is 1.47 bits per heavy atom. The second-order valence-corrected chi connectivity index (χ2v) is 5.42. The molecule has 5 heteroatoms. The molecule has 0 spiro atoms. The first-order valence-corrected chi connectivity index (χ1v) is 5.69. The van der Waals surface area contributed by atoms with E-state index >= 15 is 0 Å².